The first-order valence-corrected chi connectivity index (χ1v) is 7.58. The van der Waals surface area contributed by atoms with Crippen LogP contribution in [0.3, 0.4) is 0 Å². The van der Waals surface area contributed by atoms with Crippen LogP contribution in [0.1, 0.15) is 37.7 Å². The first-order valence-electron chi connectivity index (χ1n) is 7.58. The van der Waals surface area contributed by atoms with Gasteiger partial charge in [0.1, 0.15) is 0 Å². The SMILES string of the molecule is O=C(CNc1cccc(C(F)(F)F)c1)NNC=C1CCCCC1. The summed E-state index contributed by atoms with van der Waals surface area (Å²) < 4.78 is 37.8. The van der Waals surface area contributed by atoms with Crippen LogP contribution in [0.5, 0.6) is 0 Å². The molecule has 0 bridgehead atoms. The number of hydrazine groups is 1. The van der Waals surface area contributed by atoms with E-state index in [1.807, 2.05) is 0 Å². The van der Waals surface area contributed by atoms with Crippen molar-refractivity contribution in [1.82, 2.24) is 10.9 Å². The number of nitrogens with one attached hydrogen (secondary N) is 3. The van der Waals surface area contributed by atoms with Gasteiger partial charge < -0.3 is 10.7 Å². The van der Waals surface area contributed by atoms with Crippen molar-refractivity contribution in [3.63, 3.8) is 0 Å². The van der Waals surface area contributed by atoms with Crippen molar-refractivity contribution >= 4 is 11.6 Å². The number of carbonyl (C=O) groups is 1. The Hall–Kier alpha value is -2.18. The van der Waals surface area contributed by atoms with Gasteiger partial charge in [-0.25, -0.2) is 0 Å². The van der Waals surface area contributed by atoms with Crippen LogP contribution in [0.15, 0.2) is 36.0 Å². The molecule has 1 aliphatic rings. The van der Waals surface area contributed by atoms with Gasteiger partial charge >= 0.3 is 6.18 Å². The number of anilines is 1. The number of allylic oxidation sites excluding steroid dienone is 1. The predicted octanol–water partition coefficient (Wildman–Crippen LogP) is 3.59. The number of rotatable bonds is 5. The molecule has 0 aromatic heterocycles. The quantitative estimate of drug-likeness (QED) is 0.725. The van der Waals surface area contributed by atoms with Gasteiger partial charge in [-0.15, -0.1) is 0 Å². The maximum Gasteiger partial charge on any atom is 0.416 e. The molecule has 126 valence electrons. The summed E-state index contributed by atoms with van der Waals surface area (Å²) >= 11 is 0. The minimum absolute atomic E-state index is 0.114. The summed E-state index contributed by atoms with van der Waals surface area (Å²) in [4.78, 5) is 11.7. The monoisotopic (exact) mass is 327 g/mol. The highest BCUT2D eigenvalue weighted by molar-refractivity contribution is 5.80. The highest BCUT2D eigenvalue weighted by Gasteiger charge is 2.30. The van der Waals surface area contributed by atoms with Crippen LogP contribution in [-0.4, -0.2) is 12.5 Å². The van der Waals surface area contributed by atoms with E-state index in [1.165, 1.54) is 37.0 Å². The molecule has 1 fully saturated rings. The summed E-state index contributed by atoms with van der Waals surface area (Å²) in [5, 5.41) is 2.67. The van der Waals surface area contributed by atoms with Crippen molar-refractivity contribution in [2.75, 3.05) is 11.9 Å². The van der Waals surface area contributed by atoms with Crippen LogP contribution in [0, 0.1) is 0 Å². The molecule has 0 heterocycles. The summed E-state index contributed by atoms with van der Waals surface area (Å²) in [5.74, 6) is -0.352. The third-order valence-corrected chi connectivity index (χ3v) is 3.63. The van der Waals surface area contributed by atoms with Crippen LogP contribution in [-0.2, 0) is 11.0 Å². The van der Waals surface area contributed by atoms with E-state index >= 15 is 0 Å². The Morgan fingerprint density at radius 3 is 2.61 bits per heavy atom. The molecule has 0 radical (unpaired) electrons. The molecular weight excluding hydrogens is 307 g/mol. The second-order valence-corrected chi connectivity index (χ2v) is 5.49. The Morgan fingerprint density at radius 2 is 1.91 bits per heavy atom. The molecule has 23 heavy (non-hydrogen) atoms. The lowest BCUT2D eigenvalue weighted by molar-refractivity contribution is -0.137. The zero-order valence-corrected chi connectivity index (χ0v) is 12.7. The van der Waals surface area contributed by atoms with Crippen molar-refractivity contribution in [1.29, 1.82) is 0 Å². The summed E-state index contributed by atoms with van der Waals surface area (Å²) in [5.41, 5.74) is 6.01. The molecule has 1 saturated carbocycles. The van der Waals surface area contributed by atoms with Gasteiger partial charge in [0, 0.05) is 11.9 Å². The van der Waals surface area contributed by atoms with Gasteiger partial charge in [-0.1, -0.05) is 18.1 Å². The number of alkyl halides is 3. The normalized spacial score (nSPS) is 15.0. The fraction of sp³-hybridized carbons (Fsp3) is 0.438. The zero-order valence-electron chi connectivity index (χ0n) is 12.7. The van der Waals surface area contributed by atoms with Gasteiger partial charge in [0.15, 0.2) is 0 Å². The van der Waals surface area contributed by atoms with Crippen molar-refractivity contribution in [3.05, 3.63) is 41.6 Å². The number of carbonyl (C=O) groups excluding carboxylic acids is 1. The first kappa shape index (κ1) is 17.2. The fourth-order valence-corrected chi connectivity index (χ4v) is 2.40. The number of hydrogen-bond acceptors (Lipinski definition) is 3. The van der Waals surface area contributed by atoms with Crippen LogP contribution in [0.4, 0.5) is 18.9 Å². The molecule has 0 aliphatic heterocycles. The van der Waals surface area contributed by atoms with Crippen molar-refractivity contribution < 1.29 is 18.0 Å². The van der Waals surface area contributed by atoms with E-state index in [0.717, 1.165) is 25.0 Å². The minimum Gasteiger partial charge on any atom is -0.376 e. The van der Waals surface area contributed by atoms with Crippen LogP contribution in [0.25, 0.3) is 0 Å². The van der Waals surface area contributed by atoms with E-state index in [4.69, 9.17) is 0 Å². The summed E-state index contributed by atoms with van der Waals surface area (Å²) in [6.07, 6.45) is 3.04. The number of hydrogen-bond donors (Lipinski definition) is 3. The Kier molecular flexibility index (Phi) is 5.90. The topological polar surface area (TPSA) is 53.2 Å². The highest BCUT2D eigenvalue weighted by atomic mass is 19.4. The molecule has 0 atom stereocenters. The fourth-order valence-electron chi connectivity index (χ4n) is 2.40. The van der Waals surface area contributed by atoms with Crippen LogP contribution < -0.4 is 16.2 Å². The average molecular weight is 327 g/mol. The molecule has 0 saturated heterocycles. The van der Waals surface area contributed by atoms with Gasteiger partial charge in [-0.3, -0.25) is 10.2 Å². The van der Waals surface area contributed by atoms with Crippen molar-refractivity contribution in [2.24, 2.45) is 0 Å². The molecule has 1 aliphatic carbocycles. The summed E-state index contributed by atoms with van der Waals surface area (Å²) in [7, 11) is 0. The van der Waals surface area contributed by atoms with E-state index in [1.54, 1.807) is 6.20 Å². The Labute approximate surface area is 133 Å². The summed E-state index contributed by atoms with van der Waals surface area (Å²) in [6, 6.07) is 4.75. The minimum atomic E-state index is -4.40. The van der Waals surface area contributed by atoms with Gasteiger partial charge in [-0.2, -0.15) is 13.2 Å². The second kappa shape index (κ2) is 7.89. The standard InChI is InChI=1S/C16H20F3N3O/c17-16(18,19)13-7-4-8-14(9-13)20-11-15(23)22-21-10-12-5-2-1-3-6-12/h4,7-10,20-21H,1-3,5-6,11H2,(H,22,23). The lowest BCUT2D eigenvalue weighted by Crippen LogP contribution is -2.38. The van der Waals surface area contributed by atoms with Gasteiger partial charge in [-0.05, 0) is 43.9 Å². The van der Waals surface area contributed by atoms with E-state index < -0.39 is 11.7 Å². The highest BCUT2D eigenvalue weighted by Crippen LogP contribution is 2.30. The zero-order chi connectivity index (χ0) is 16.7. The Balaban J connectivity index is 1.76. The van der Waals surface area contributed by atoms with Crippen LogP contribution in [0.2, 0.25) is 0 Å². The van der Waals surface area contributed by atoms with Gasteiger partial charge in [0.25, 0.3) is 5.91 Å². The van der Waals surface area contributed by atoms with Gasteiger partial charge in [0.05, 0.1) is 12.1 Å². The Morgan fingerprint density at radius 1 is 1.17 bits per heavy atom. The molecule has 0 unspecified atom stereocenters. The molecule has 1 aromatic carbocycles. The second-order valence-electron chi connectivity index (χ2n) is 5.49. The third-order valence-electron chi connectivity index (χ3n) is 3.63. The van der Waals surface area contributed by atoms with E-state index in [9.17, 15) is 18.0 Å². The average Bonchev–Trinajstić information content (AvgIpc) is 2.53. The molecular formula is C16H20F3N3O. The maximum absolute atomic E-state index is 12.6. The van der Waals surface area contributed by atoms with Gasteiger partial charge in [0.2, 0.25) is 0 Å². The Bertz CT molecular complexity index is 562. The molecule has 7 heteroatoms. The largest absolute Gasteiger partial charge is 0.416 e. The first-order chi connectivity index (χ1) is 10.9. The summed E-state index contributed by atoms with van der Waals surface area (Å²) in [6.45, 7) is -0.114. The van der Waals surface area contributed by atoms with Crippen LogP contribution >= 0.6 is 0 Å². The molecule has 3 N–H and O–H groups in total. The van der Waals surface area contributed by atoms with E-state index in [-0.39, 0.29) is 18.1 Å². The lowest BCUT2D eigenvalue weighted by Gasteiger charge is -2.14. The molecule has 1 aromatic rings. The molecule has 2 rings (SSSR count). The number of amides is 1. The predicted molar refractivity (Wildman–Crippen MR) is 82.4 cm³/mol. The number of benzene rings is 1. The molecule has 1 amide bonds. The van der Waals surface area contributed by atoms with Crippen molar-refractivity contribution in [3.8, 4) is 0 Å². The van der Waals surface area contributed by atoms with E-state index in [2.05, 4.69) is 16.2 Å². The molecule has 0 spiro atoms. The smallest absolute Gasteiger partial charge is 0.376 e. The maximum atomic E-state index is 12.6. The van der Waals surface area contributed by atoms with Crippen molar-refractivity contribution in [2.45, 2.75) is 38.3 Å². The molecule has 4 nitrogen and oxygen atoms in total. The van der Waals surface area contributed by atoms with E-state index in [0.29, 0.717) is 0 Å². The third kappa shape index (κ3) is 5.84. The lowest BCUT2D eigenvalue weighted by atomic mass is 9.96. The number of halogens is 3.